The molecule has 0 aliphatic carbocycles. The van der Waals surface area contributed by atoms with Gasteiger partial charge in [-0.15, -0.1) is 0 Å². The molecule has 1 atom stereocenters. The van der Waals surface area contributed by atoms with Gasteiger partial charge in [0, 0.05) is 102 Å². The SMILES string of the molecule is C=C(C)C(=O)OCCNC(=O)OCCCCCCSC.C=C(C)C(=O)OCCNC(=O)OCCCCCCSCC(C)(C)C(=O)NCCN(C)C.C=C(C)C(=O)OCCNC(=O)OCCCCCCSCC(C)C(=O)NCCCN(C)C.C=C(C)C(=O)OCCNC(=O)OCCSCC(C)(C)C(=O)NCCN(C)C.CCC(C)(C)C(=O)NCCNC.CCC(C)(C)C(=O)OC. The molecule has 0 aromatic carbocycles. The number of nitrogens with zero attached hydrogens (tertiary/aromatic N) is 3. The van der Waals surface area contributed by atoms with Gasteiger partial charge in [0.1, 0.15) is 33.0 Å². The second kappa shape index (κ2) is 85.7. The van der Waals surface area contributed by atoms with Gasteiger partial charge in [-0.25, -0.2) is 38.4 Å². The number of rotatable bonds is 66. The predicted molar refractivity (Wildman–Crippen MR) is 529 cm³/mol. The molecule has 0 aliphatic heterocycles. The Balaban J connectivity index is -0.000000369. The van der Waals surface area contributed by atoms with Crippen LogP contribution >= 0.6 is 47.0 Å². The number of carbonyl (C=O) groups excluding carboxylic acids is 13. The first-order valence-electron chi connectivity index (χ1n) is 45.0. The Morgan fingerprint density at radius 3 is 0.969 bits per heavy atom. The van der Waals surface area contributed by atoms with Gasteiger partial charge in [0.25, 0.3) is 0 Å². The monoisotopic (exact) mass is 1930 g/mol. The number of alkyl carbamates (subject to hydrolysis) is 4. The molecule has 0 rings (SSSR count). The van der Waals surface area contributed by atoms with E-state index in [0.717, 1.165) is 139 Å². The molecule has 0 aromatic heterocycles. The quantitative estimate of drug-likeness (QED) is 0.0118. The van der Waals surface area contributed by atoms with Crippen molar-refractivity contribution in [3.05, 3.63) is 48.6 Å². The van der Waals surface area contributed by atoms with Crippen LogP contribution in [0.4, 0.5) is 19.2 Å². The highest BCUT2D eigenvalue weighted by molar-refractivity contribution is 7.99. The summed E-state index contributed by atoms with van der Waals surface area (Å²) in [6.45, 7) is 50.3. The van der Waals surface area contributed by atoms with Crippen molar-refractivity contribution < 1.29 is 105 Å². The van der Waals surface area contributed by atoms with Crippen molar-refractivity contribution in [3.63, 3.8) is 0 Å². The number of likely N-dealkylation sites (N-methyl/N-ethyl adjacent to an activating group) is 3. The summed E-state index contributed by atoms with van der Waals surface area (Å²) >= 11 is 7.01. The first-order valence-corrected chi connectivity index (χ1v) is 49.8. The van der Waals surface area contributed by atoms with E-state index in [1.807, 2.05) is 159 Å². The summed E-state index contributed by atoms with van der Waals surface area (Å²) in [6, 6.07) is 0. The van der Waals surface area contributed by atoms with Gasteiger partial charge in [-0.1, -0.05) is 127 Å². The summed E-state index contributed by atoms with van der Waals surface area (Å²) in [5, 5.41) is 24.8. The number of nitrogens with one attached hydrogen (secondary N) is 9. The Hall–Kier alpha value is -7.49. The summed E-state index contributed by atoms with van der Waals surface area (Å²) in [5.41, 5.74) is -0.105. The Morgan fingerprint density at radius 2 is 0.654 bits per heavy atom. The highest BCUT2D eigenvalue weighted by atomic mass is 32.2. The van der Waals surface area contributed by atoms with Crippen molar-refractivity contribution in [1.82, 2.24) is 62.6 Å². The number of amides is 8. The molecule has 0 fully saturated rings. The number of esters is 5. The topological polar surface area (TPSA) is 423 Å². The molecule has 0 heterocycles. The van der Waals surface area contributed by atoms with Crippen molar-refractivity contribution in [2.45, 2.75) is 200 Å². The second-order valence-electron chi connectivity index (χ2n) is 33.9. The van der Waals surface area contributed by atoms with Gasteiger partial charge in [0.05, 0.1) is 69.4 Å². The fraction of sp³-hybridized carbons (Fsp3) is 0.772. The van der Waals surface area contributed by atoms with E-state index in [1.165, 1.54) is 25.7 Å². The fourth-order valence-corrected chi connectivity index (χ4v) is 12.6. The van der Waals surface area contributed by atoms with E-state index in [-0.39, 0.29) is 111 Å². The number of hydrogen-bond acceptors (Lipinski definition) is 30. The lowest BCUT2D eigenvalue weighted by molar-refractivity contribution is -0.151. The Kier molecular flexibility index (Phi) is 87.8. The highest BCUT2D eigenvalue weighted by Gasteiger charge is 2.30. The summed E-state index contributed by atoms with van der Waals surface area (Å²) in [7, 11) is 15.2. The molecule has 38 heteroatoms. The molecular formula is C92H174N12O22S4. The van der Waals surface area contributed by atoms with Crippen LogP contribution in [0.25, 0.3) is 0 Å². The maximum Gasteiger partial charge on any atom is 0.407 e. The zero-order chi connectivity index (χ0) is 100. The predicted octanol–water partition coefficient (Wildman–Crippen LogP) is 12.0. The number of hydrogen-bond donors (Lipinski definition) is 9. The Labute approximate surface area is 798 Å². The largest absolute Gasteiger partial charge is 0.469 e. The van der Waals surface area contributed by atoms with E-state index < -0.39 is 53.7 Å². The lowest BCUT2D eigenvalue weighted by atomic mass is 9.89. The van der Waals surface area contributed by atoms with Gasteiger partial charge in [0.2, 0.25) is 23.6 Å². The third kappa shape index (κ3) is 88.4. The summed E-state index contributed by atoms with van der Waals surface area (Å²) in [5.74, 6) is 4.48. The molecule has 0 radical (unpaired) electrons. The molecule has 0 saturated heterocycles. The molecule has 0 aliphatic rings. The molecule has 0 aromatic rings. The Morgan fingerprint density at radius 1 is 0.338 bits per heavy atom. The van der Waals surface area contributed by atoms with Crippen molar-refractivity contribution in [2.75, 3.05) is 234 Å². The molecule has 1 unspecified atom stereocenters. The smallest absolute Gasteiger partial charge is 0.407 e. The van der Waals surface area contributed by atoms with Crippen molar-refractivity contribution in [3.8, 4) is 0 Å². The fourth-order valence-electron chi connectivity index (χ4n) is 8.88. The minimum atomic E-state index is -0.567. The first kappa shape index (κ1) is 133. The number of thioether (sulfide) groups is 4. The van der Waals surface area contributed by atoms with Crippen LogP contribution in [0.1, 0.15) is 200 Å². The van der Waals surface area contributed by atoms with Gasteiger partial charge in [-0.3, -0.25) is 24.0 Å². The summed E-state index contributed by atoms with van der Waals surface area (Å²) < 4.78 is 44.1. The molecule has 34 nitrogen and oxygen atoms in total. The molecule has 9 N–H and O–H groups in total. The van der Waals surface area contributed by atoms with Crippen LogP contribution < -0.4 is 47.9 Å². The molecule has 130 heavy (non-hydrogen) atoms. The van der Waals surface area contributed by atoms with Crippen molar-refractivity contribution in [1.29, 1.82) is 0 Å². The average Bonchev–Trinajstić information content (AvgIpc) is 0.877. The summed E-state index contributed by atoms with van der Waals surface area (Å²) in [6.07, 6.45) is 14.9. The van der Waals surface area contributed by atoms with Crippen LogP contribution in [-0.4, -0.2) is 327 Å². The molecular weight excluding hydrogens is 1750 g/mol. The van der Waals surface area contributed by atoms with Crippen molar-refractivity contribution >= 4 is 125 Å². The Bertz CT molecular complexity index is 3170. The zero-order valence-electron chi connectivity index (χ0n) is 84.1. The van der Waals surface area contributed by atoms with Crippen LogP contribution in [-0.2, 0) is 85.8 Å². The van der Waals surface area contributed by atoms with Gasteiger partial charge < -0.3 is 105 Å². The van der Waals surface area contributed by atoms with Crippen LogP contribution in [0.5, 0.6) is 0 Å². The highest BCUT2D eigenvalue weighted by Crippen LogP contribution is 2.25. The van der Waals surface area contributed by atoms with E-state index in [2.05, 4.69) is 90.1 Å². The van der Waals surface area contributed by atoms with E-state index in [9.17, 15) is 62.3 Å². The van der Waals surface area contributed by atoms with Crippen LogP contribution in [0.3, 0.4) is 0 Å². The normalized spacial score (nSPS) is 11.1. The number of unbranched alkanes of at least 4 members (excludes halogenated alkanes) is 9. The number of carbonyl (C=O) groups is 13. The van der Waals surface area contributed by atoms with E-state index >= 15 is 0 Å². The van der Waals surface area contributed by atoms with E-state index in [4.69, 9.17) is 37.9 Å². The second-order valence-corrected chi connectivity index (χ2v) is 38.2. The van der Waals surface area contributed by atoms with Crippen LogP contribution in [0.2, 0.25) is 0 Å². The van der Waals surface area contributed by atoms with Crippen LogP contribution in [0, 0.1) is 27.6 Å². The van der Waals surface area contributed by atoms with Crippen LogP contribution in [0.15, 0.2) is 48.6 Å². The van der Waals surface area contributed by atoms with Gasteiger partial charge in [-0.05, 0) is 179 Å². The maximum atomic E-state index is 12.3. The van der Waals surface area contributed by atoms with E-state index in [1.54, 1.807) is 51.2 Å². The lowest BCUT2D eigenvalue weighted by Crippen LogP contribution is -2.41. The zero-order valence-corrected chi connectivity index (χ0v) is 87.3. The lowest BCUT2D eigenvalue weighted by Gasteiger charge is -2.23. The van der Waals surface area contributed by atoms with E-state index in [0.29, 0.717) is 73.3 Å². The average molecular weight is 1930 g/mol. The summed E-state index contributed by atoms with van der Waals surface area (Å²) in [4.78, 5) is 155. The molecule has 758 valence electrons. The van der Waals surface area contributed by atoms with Crippen molar-refractivity contribution in [2.24, 2.45) is 27.6 Å². The van der Waals surface area contributed by atoms with Gasteiger partial charge in [0.15, 0.2) is 0 Å². The standard InChI is InChI=1S/2C22H41N3O5S.C18H33N3O5S.C14H25NO4S.C9H20N2O.C7H14O2/c1-18(2)19(26)29-15-12-24-21(28)30-14-9-7-8-10-16-31-17-22(3,4)20(27)23-11-13-25(5)6;1-18(2)21(27)29-15-12-24-22(28)30-14-8-6-7-9-16-31-17-19(3)20(26)23-11-10-13-25(4)5;1-14(2)15(22)25-10-8-20-17(24)26-11-12-27-13-18(3,4)16(23)19-7-9-21(5)6;1-12(2)13(16)18-10-8-15-14(17)19-9-6-4-5-7-11-20-3;1-5-9(2,3)8(12)11-7-6-10-4;1-5-7(2,3)6(8)9-4/h1,7-17H2,2-6H3,(H,23,27)(H,24,28);19H,1,6-17H2,2-5H3,(H,23,26)(H,24,28);1,7-13H2,2-6H3,(H,19,23)(H,20,24);1,4-11H2,2-3H3,(H,15,17);10H,5-7H2,1-4H3,(H,11,12);5H2,1-4H3. The maximum absolute atomic E-state index is 12.3. The molecule has 8 amide bonds. The molecule has 0 saturated carbocycles. The van der Waals surface area contributed by atoms with Gasteiger partial charge in [-0.2, -0.15) is 47.0 Å². The third-order valence-electron chi connectivity index (χ3n) is 18.1. The minimum absolute atomic E-state index is 0.0137. The van der Waals surface area contributed by atoms with Gasteiger partial charge >= 0.3 is 54.2 Å². The first-order chi connectivity index (χ1) is 61.0. The molecule has 0 bridgehead atoms. The third-order valence-corrected chi connectivity index (χ3v) is 23.0. The number of methoxy groups -OCH3 is 1. The molecule has 0 spiro atoms. The minimum Gasteiger partial charge on any atom is -0.469 e. The number of ether oxygens (including phenoxy) is 9.